The fraction of sp³-hybridized carbons (Fsp3) is 0.526. The number of hydrogen-bond donors (Lipinski definition) is 3. The summed E-state index contributed by atoms with van der Waals surface area (Å²) in [6, 6.07) is 10.4. The zero-order valence-electron chi connectivity index (χ0n) is 33.0. The number of carbonyl (C=O) groups excluding carboxylic acids is 2. The molecule has 2 aliphatic heterocycles. The number of nitrogens with zero attached hydrogens (tertiary/aromatic N) is 6. The van der Waals surface area contributed by atoms with Gasteiger partial charge in [-0.3, -0.25) is 14.0 Å². The average Bonchev–Trinajstić information content (AvgIpc) is 3.12. The minimum Gasteiger partial charge on any atom is -0.494 e. The van der Waals surface area contributed by atoms with Crippen LogP contribution in [0.3, 0.4) is 0 Å². The number of alkyl carbamates (subject to hydrolysis) is 1. The number of anilines is 6. The Balaban J connectivity index is 1.15. The van der Waals surface area contributed by atoms with Crippen molar-refractivity contribution >= 4 is 68.1 Å². The van der Waals surface area contributed by atoms with Crippen molar-refractivity contribution in [3.8, 4) is 5.75 Å². The van der Waals surface area contributed by atoms with Gasteiger partial charge in [-0.05, 0) is 77.1 Å². The number of amides is 2. The summed E-state index contributed by atoms with van der Waals surface area (Å²) in [6.07, 6.45) is 3.89. The second-order valence-corrected chi connectivity index (χ2v) is 17.6. The van der Waals surface area contributed by atoms with E-state index in [4.69, 9.17) is 21.1 Å². The quantitative estimate of drug-likeness (QED) is 0.208. The standard InChI is InChI=1S/C38H54ClN9O6S/c1-25-21-30(43-36-40-23-28(39)34(44-36)42-29-11-9-10-12-31(29)45(6)55(8,51)52)33(53-7)22-32(25)47-19-17-46(18-20-47)24-27-13-15-48(16-14-27)35(49)26(2)41-37(50)54-38(3,4)5/h9-12,21-23,26-27H,13-20,24H2,1-8H3,(H,41,50)(H2,40,42,43,44)/t26-/m0/s1. The van der Waals surface area contributed by atoms with Crippen LogP contribution in [0.25, 0.3) is 0 Å². The number of sulfonamides is 1. The molecule has 1 aromatic heterocycles. The maximum Gasteiger partial charge on any atom is 0.408 e. The van der Waals surface area contributed by atoms with Crippen molar-refractivity contribution in [1.82, 2.24) is 25.1 Å². The third-order valence-corrected chi connectivity index (χ3v) is 11.2. The average molecular weight is 800 g/mol. The van der Waals surface area contributed by atoms with Crippen LogP contribution >= 0.6 is 11.6 Å². The van der Waals surface area contributed by atoms with Crippen LogP contribution in [0.2, 0.25) is 5.02 Å². The van der Waals surface area contributed by atoms with E-state index < -0.39 is 27.8 Å². The van der Waals surface area contributed by atoms with E-state index in [1.807, 2.05) is 17.0 Å². The van der Waals surface area contributed by atoms with Crippen molar-refractivity contribution < 1.29 is 27.5 Å². The summed E-state index contributed by atoms with van der Waals surface area (Å²) in [5.41, 5.74) is 3.18. The Labute approximate surface area is 329 Å². The summed E-state index contributed by atoms with van der Waals surface area (Å²) >= 11 is 6.47. The van der Waals surface area contributed by atoms with Crippen molar-refractivity contribution in [3.63, 3.8) is 0 Å². The van der Waals surface area contributed by atoms with Gasteiger partial charge < -0.3 is 35.2 Å². The summed E-state index contributed by atoms with van der Waals surface area (Å²) in [6.45, 7) is 15.1. The molecule has 5 rings (SSSR count). The van der Waals surface area contributed by atoms with Crippen LogP contribution in [0.15, 0.2) is 42.6 Å². The van der Waals surface area contributed by atoms with Gasteiger partial charge in [0.05, 0.1) is 36.6 Å². The molecule has 2 aromatic carbocycles. The van der Waals surface area contributed by atoms with Gasteiger partial charge in [-0.15, -0.1) is 0 Å². The van der Waals surface area contributed by atoms with E-state index in [9.17, 15) is 18.0 Å². The molecular formula is C38H54ClN9O6S. The molecule has 3 heterocycles. The molecule has 2 aliphatic rings. The number of rotatable bonds is 12. The maximum atomic E-state index is 13.0. The van der Waals surface area contributed by atoms with Gasteiger partial charge in [0.25, 0.3) is 0 Å². The molecule has 300 valence electrons. The number of nitrogens with one attached hydrogen (secondary N) is 3. The molecule has 0 spiro atoms. The van der Waals surface area contributed by atoms with E-state index in [1.54, 1.807) is 59.1 Å². The van der Waals surface area contributed by atoms with Crippen LogP contribution in [-0.4, -0.2) is 118 Å². The fourth-order valence-corrected chi connectivity index (χ4v) is 7.43. The van der Waals surface area contributed by atoms with Crippen LogP contribution in [0.5, 0.6) is 5.75 Å². The Morgan fingerprint density at radius 2 is 1.71 bits per heavy atom. The Hall–Kier alpha value is -4.54. The van der Waals surface area contributed by atoms with Crippen molar-refractivity contribution in [2.24, 2.45) is 5.92 Å². The first kappa shape index (κ1) is 41.6. The Morgan fingerprint density at radius 3 is 2.35 bits per heavy atom. The van der Waals surface area contributed by atoms with Gasteiger partial charge in [0.2, 0.25) is 21.9 Å². The molecule has 0 bridgehead atoms. The summed E-state index contributed by atoms with van der Waals surface area (Å²) in [7, 11) is -0.394. The number of halogens is 1. The molecule has 0 saturated carbocycles. The molecule has 2 fully saturated rings. The molecule has 0 unspecified atom stereocenters. The number of benzene rings is 2. The van der Waals surface area contributed by atoms with E-state index in [2.05, 4.69) is 42.6 Å². The minimum atomic E-state index is -3.50. The van der Waals surface area contributed by atoms with Crippen molar-refractivity contribution in [1.29, 1.82) is 0 Å². The van der Waals surface area contributed by atoms with Gasteiger partial charge in [-0.25, -0.2) is 18.2 Å². The van der Waals surface area contributed by atoms with Gasteiger partial charge >= 0.3 is 6.09 Å². The molecule has 17 heteroatoms. The number of hydrogen-bond acceptors (Lipinski definition) is 12. The summed E-state index contributed by atoms with van der Waals surface area (Å²) in [5.74, 6) is 1.65. The Bertz CT molecular complexity index is 1940. The lowest BCUT2D eigenvalue weighted by atomic mass is 9.95. The lowest BCUT2D eigenvalue weighted by Gasteiger charge is -2.40. The number of likely N-dealkylation sites (tertiary alicyclic amines) is 1. The van der Waals surface area contributed by atoms with Gasteiger partial charge in [0.1, 0.15) is 22.4 Å². The third-order valence-electron chi connectivity index (χ3n) is 9.76. The number of piperazine rings is 1. The van der Waals surface area contributed by atoms with Crippen molar-refractivity contribution in [2.45, 2.75) is 59.1 Å². The highest BCUT2D eigenvalue weighted by molar-refractivity contribution is 7.92. The maximum absolute atomic E-state index is 13.0. The number of aromatic nitrogens is 2. The molecule has 2 amide bonds. The van der Waals surface area contributed by atoms with E-state index in [1.165, 1.54) is 17.5 Å². The first-order valence-electron chi connectivity index (χ1n) is 18.5. The summed E-state index contributed by atoms with van der Waals surface area (Å²) in [4.78, 5) is 40.8. The van der Waals surface area contributed by atoms with E-state index in [0.717, 1.165) is 63.1 Å². The number of methoxy groups -OCH3 is 1. The molecule has 3 N–H and O–H groups in total. The first-order chi connectivity index (χ1) is 25.9. The van der Waals surface area contributed by atoms with Gasteiger partial charge in [0, 0.05) is 64.6 Å². The topological polar surface area (TPSA) is 162 Å². The second-order valence-electron chi connectivity index (χ2n) is 15.2. The van der Waals surface area contributed by atoms with Crippen LogP contribution < -0.4 is 29.9 Å². The predicted octanol–water partition coefficient (Wildman–Crippen LogP) is 5.60. The van der Waals surface area contributed by atoms with Crippen LogP contribution in [0.1, 0.15) is 46.1 Å². The highest BCUT2D eigenvalue weighted by Crippen LogP contribution is 2.36. The van der Waals surface area contributed by atoms with E-state index in [0.29, 0.717) is 47.6 Å². The Kier molecular flexibility index (Phi) is 13.2. The molecule has 0 aliphatic carbocycles. The van der Waals surface area contributed by atoms with E-state index in [-0.39, 0.29) is 16.9 Å². The normalized spacial score (nSPS) is 16.3. The summed E-state index contributed by atoms with van der Waals surface area (Å²) in [5, 5.41) is 9.36. The zero-order chi connectivity index (χ0) is 40.1. The molecule has 15 nitrogen and oxygen atoms in total. The SMILES string of the molecule is COc1cc(N2CCN(CC3CCN(C(=O)[C@H](C)NC(=O)OC(C)(C)C)CC3)CC2)c(C)cc1Nc1ncc(Cl)c(Nc2ccccc2N(C)S(C)(=O)=O)n1. The molecule has 0 radical (unpaired) electrons. The van der Waals surface area contributed by atoms with Crippen molar-refractivity contribution in [2.75, 3.05) is 86.1 Å². The molecular weight excluding hydrogens is 746 g/mol. The van der Waals surface area contributed by atoms with Crippen LogP contribution in [0.4, 0.5) is 39.3 Å². The highest BCUT2D eigenvalue weighted by Gasteiger charge is 2.30. The molecule has 55 heavy (non-hydrogen) atoms. The van der Waals surface area contributed by atoms with Gasteiger partial charge in [-0.2, -0.15) is 4.98 Å². The van der Waals surface area contributed by atoms with Crippen molar-refractivity contribution in [3.05, 3.63) is 53.2 Å². The minimum absolute atomic E-state index is 0.0780. The lowest BCUT2D eigenvalue weighted by molar-refractivity contribution is -0.134. The zero-order valence-corrected chi connectivity index (χ0v) is 34.6. The van der Waals surface area contributed by atoms with Gasteiger partial charge in [-0.1, -0.05) is 23.7 Å². The molecule has 3 aromatic rings. The second kappa shape index (κ2) is 17.5. The highest BCUT2D eigenvalue weighted by atomic mass is 35.5. The predicted molar refractivity (Wildman–Crippen MR) is 218 cm³/mol. The number of para-hydroxylation sites is 2. The first-order valence-corrected chi connectivity index (χ1v) is 20.7. The molecule has 2 saturated heterocycles. The fourth-order valence-electron chi connectivity index (χ4n) is 6.77. The third kappa shape index (κ3) is 11.0. The number of carbonyl (C=O) groups is 2. The number of aryl methyl sites for hydroxylation is 1. The van der Waals surface area contributed by atoms with Crippen LogP contribution in [-0.2, 0) is 19.6 Å². The molecule has 1 atom stereocenters. The monoisotopic (exact) mass is 799 g/mol. The summed E-state index contributed by atoms with van der Waals surface area (Å²) < 4.78 is 36.8. The van der Waals surface area contributed by atoms with E-state index >= 15 is 0 Å². The largest absolute Gasteiger partial charge is 0.494 e. The number of ether oxygens (including phenoxy) is 2. The van der Waals surface area contributed by atoms with Gasteiger partial charge in [0.15, 0.2) is 5.82 Å². The van der Waals surface area contributed by atoms with Crippen LogP contribution in [0, 0.1) is 12.8 Å². The smallest absolute Gasteiger partial charge is 0.408 e. The Morgan fingerprint density at radius 1 is 1.04 bits per heavy atom. The lowest BCUT2D eigenvalue weighted by Crippen LogP contribution is -2.52. The number of piperidine rings is 1.